The van der Waals surface area contributed by atoms with Gasteiger partial charge in [0, 0.05) is 12.1 Å². The molecule has 0 radical (unpaired) electrons. The number of hydrogen-bond donors (Lipinski definition) is 1. The van der Waals surface area contributed by atoms with Crippen LogP contribution in [0.15, 0.2) is 42.5 Å². The average Bonchev–Trinajstić information content (AvgIpc) is 2.61. The van der Waals surface area contributed by atoms with Crippen LogP contribution in [0.5, 0.6) is 0 Å². The summed E-state index contributed by atoms with van der Waals surface area (Å²) in [5, 5.41) is 0.480. The highest BCUT2D eigenvalue weighted by Gasteiger charge is 2.31. The molecule has 2 unspecified atom stereocenters. The second kappa shape index (κ2) is 8.76. The lowest BCUT2D eigenvalue weighted by Gasteiger charge is -2.18. The summed E-state index contributed by atoms with van der Waals surface area (Å²) in [6, 6.07) is 9.95. The fourth-order valence-corrected chi connectivity index (χ4v) is 3.35. The van der Waals surface area contributed by atoms with Crippen LogP contribution in [0.1, 0.15) is 47.6 Å². The zero-order chi connectivity index (χ0) is 20.2. The molecule has 27 heavy (non-hydrogen) atoms. The van der Waals surface area contributed by atoms with Crippen molar-refractivity contribution >= 4 is 17.5 Å². The van der Waals surface area contributed by atoms with E-state index in [0.717, 1.165) is 24.1 Å². The van der Waals surface area contributed by atoms with Crippen molar-refractivity contribution in [3.05, 3.63) is 69.7 Å². The molecule has 3 nitrogen and oxygen atoms in total. The van der Waals surface area contributed by atoms with Gasteiger partial charge in [0.2, 0.25) is 5.91 Å². The first-order valence-corrected chi connectivity index (χ1v) is 8.82. The number of amides is 1. The van der Waals surface area contributed by atoms with Gasteiger partial charge in [-0.25, -0.2) is 0 Å². The lowest BCUT2D eigenvalue weighted by atomic mass is 9.89. The van der Waals surface area contributed by atoms with E-state index in [-0.39, 0.29) is 18.1 Å². The third-order valence-electron chi connectivity index (χ3n) is 4.47. The summed E-state index contributed by atoms with van der Waals surface area (Å²) in [4.78, 5) is 11.9. The van der Waals surface area contributed by atoms with Gasteiger partial charge >= 0.3 is 6.18 Å². The molecular formula is C20H21ClF3NO2. The molecule has 0 aliphatic heterocycles. The molecule has 2 N–H and O–H groups in total. The first-order chi connectivity index (χ1) is 12.7. The molecule has 2 aromatic rings. The van der Waals surface area contributed by atoms with Crippen molar-refractivity contribution in [3.63, 3.8) is 0 Å². The molecular weight excluding hydrogens is 379 g/mol. The van der Waals surface area contributed by atoms with Crippen LogP contribution in [-0.2, 0) is 22.1 Å². The highest BCUT2D eigenvalue weighted by Crippen LogP contribution is 2.33. The Morgan fingerprint density at radius 2 is 1.93 bits per heavy atom. The van der Waals surface area contributed by atoms with E-state index in [2.05, 4.69) is 0 Å². The molecule has 2 rings (SSSR count). The van der Waals surface area contributed by atoms with Gasteiger partial charge in [0.1, 0.15) is 0 Å². The standard InChI is InChI=1S/C20H21ClF3NO2/c1-3-18(27-2)15-8-7-12(10-17(15)21)9-16(19(25)26)13-5-4-6-14(11-13)20(22,23)24/h4-8,10-11,16,18H,3,9H2,1-2H3,(H2,25,26). The Kier molecular flexibility index (Phi) is 6.89. The van der Waals surface area contributed by atoms with Gasteiger partial charge in [-0.05, 0) is 41.7 Å². The molecule has 2 aromatic carbocycles. The van der Waals surface area contributed by atoms with Gasteiger partial charge in [-0.3, -0.25) is 4.79 Å². The number of halogens is 4. The van der Waals surface area contributed by atoms with Crippen LogP contribution in [0.25, 0.3) is 0 Å². The van der Waals surface area contributed by atoms with Gasteiger partial charge in [0.05, 0.1) is 17.6 Å². The normalized spacial score (nSPS) is 14.0. The molecule has 1 amide bonds. The van der Waals surface area contributed by atoms with E-state index in [4.69, 9.17) is 22.1 Å². The van der Waals surface area contributed by atoms with Crippen molar-refractivity contribution in [3.8, 4) is 0 Å². The maximum absolute atomic E-state index is 13.0. The zero-order valence-corrected chi connectivity index (χ0v) is 15.8. The third kappa shape index (κ3) is 5.23. The number of ether oxygens (including phenoxy) is 1. The number of benzene rings is 2. The van der Waals surface area contributed by atoms with Crippen LogP contribution < -0.4 is 5.73 Å². The maximum atomic E-state index is 13.0. The summed E-state index contributed by atoms with van der Waals surface area (Å²) in [7, 11) is 1.59. The predicted molar refractivity (Wildman–Crippen MR) is 98.6 cm³/mol. The van der Waals surface area contributed by atoms with E-state index >= 15 is 0 Å². The fraction of sp³-hybridized carbons (Fsp3) is 0.350. The lowest BCUT2D eigenvalue weighted by Crippen LogP contribution is -2.23. The number of nitrogens with two attached hydrogens (primary N) is 1. The minimum atomic E-state index is -4.49. The molecule has 0 bridgehead atoms. The average molecular weight is 400 g/mol. The number of alkyl halides is 3. The van der Waals surface area contributed by atoms with Crippen LogP contribution in [0, 0.1) is 0 Å². The van der Waals surface area contributed by atoms with Gasteiger partial charge in [-0.15, -0.1) is 0 Å². The SMILES string of the molecule is CCC(OC)c1ccc(CC(C(N)=O)c2cccc(C(F)(F)F)c2)cc1Cl. The Balaban J connectivity index is 2.32. The summed E-state index contributed by atoms with van der Waals surface area (Å²) >= 11 is 6.33. The largest absolute Gasteiger partial charge is 0.416 e. The monoisotopic (exact) mass is 399 g/mol. The van der Waals surface area contributed by atoms with Gasteiger partial charge in [-0.1, -0.05) is 48.9 Å². The van der Waals surface area contributed by atoms with Crippen LogP contribution in [0.3, 0.4) is 0 Å². The number of rotatable bonds is 7. The van der Waals surface area contributed by atoms with E-state index in [1.54, 1.807) is 25.3 Å². The Labute approximate surface area is 161 Å². The molecule has 0 saturated carbocycles. The van der Waals surface area contributed by atoms with E-state index < -0.39 is 23.6 Å². The second-order valence-corrected chi connectivity index (χ2v) is 6.68. The van der Waals surface area contributed by atoms with Crippen molar-refractivity contribution in [2.45, 2.75) is 38.0 Å². The number of carbonyl (C=O) groups excluding carboxylic acids is 1. The van der Waals surface area contributed by atoms with E-state index in [1.165, 1.54) is 12.1 Å². The minimum Gasteiger partial charge on any atom is -0.377 e. The molecule has 0 aliphatic rings. The van der Waals surface area contributed by atoms with E-state index in [0.29, 0.717) is 10.6 Å². The van der Waals surface area contributed by atoms with Crippen molar-refractivity contribution < 1.29 is 22.7 Å². The molecule has 0 saturated heterocycles. The number of carbonyl (C=O) groups is 1. The van der Waals surface area contributed by atoms with Crippen molar-refractivity contribution in [2.75, 3.05) is 7.11 Å². The van der Waals surface area contributed by atoms with Gasteiger partial charge < -0.3 is 10.5 Å². The number of methoxy groups -OCH3 is 1. The molecule has 0 heterocycles. The van der Waals surface area contributed by atoms with Gasteiger partial charge in [0.15, 0.2) is 0 Å². The first kappa shape index (κ1) is 21.3. The lowest BCUT2D eigenvalue weighted by molar-refractivity contribution is -0.137. The summed E-state index contributed by atoms with van der Waals surface area (Å²) in [5.74, 6) is -1.59. The summed E-state index contributed by atoms with van der Waals surface area (Å²) in [6.07, 6.45) is -3.75. The molecule has 146 valence electrons. The maximum Gasteiger partial charge on any atom is 0.416 e. The van der Waals surface area contributed by atoms with Crippen molar-refractivity contribution in [2.24, 2.45) is 5.73 Å². The Morgan fingerprint density at radius 3 is 2.44 bits per heavy atom. The quantitative estimate of drug-likeness (QED) is 0.689. The smallest absolute Gasteiger partial charge is 0.377 e. The van der Waals surface area contributed by atoms with Gasteiger partial charge in [0.25, 0.3) is 0 Å². The van der Waals surface area contributed by atoms with Crippen LogP contribution in [-0.4, -0.2) is 13.0 Å². The number of primary amides is 1. The first-order valence-electron chi connectivity index (χ1n) is 8.45. The predicted octanol–water partition coefficient (Wildman–Crippen LogP) is 5.27. The third-order valence-corrected chi connectivity index (χ3v) is 4.79. The van der Waals surface area contributed by atoms with Crippen molar-refractivity contribution in [1.29, 1.82) is 0 Å². The molecule has 0 aromatic heterocycles. The van der Waals surface area contributed by atoms with E-state index in [1.807, 2.05) is 6.92 Å². The Hall–Kier alpha value is -2.05. The zero-order valence-electron chi connectivity index (χ0n) is 15.0. The fourth-order valence-electron chi connectivity index (χ4n) is 3.02. The topological polar surface area (TPSA) is 52.3 Å². The number of hydrogen-bond acceptors (Lipinski definition) is 2. The Morgan fingerprint density at radius 1 is 1.22 bits per heavy atom. The molecule has 0 fully saturated rings. The summed E-state index contributed by atoms with van der Waals surface area (Å²) in [6.45, 7) is 1.97. The molecule has 0 aliphatic carbocycles. The highest BCUT2D eigenvalue weighted by atomic mass is 35.5. The van der Waals surface area contributed by atoms with Gasteiger partial charge in [-0.2, -0.15) is 13.2 Å². The summed E-state index contributed by atoms with van der Waals surface area (Å²) in [5.41, 5.74) is 6.39. The molecule has 7 heteroatoms. The van der Waals surface area contributed by atoms with E-state index in [9.17, 15) is 18.0 Å². The minimum absolute atomic E-state index is 0.151. The van der Waals surface area contributed by atoms with Crippen LogP contribution in [0.4, 0.5) is 13.2 Å². The molecule has 0 spiro atoms. The summed E-state index contributed by atoms with van der Waals surface area (Å²) < 4.78 is 44.2. The second-order valence-electron chi connectivity index (χ2n) is 6.27. The van der Waals surface area contributed by atoms with Crippen LogP contribution in [0.2, 0.25) is 5.02 Å². The highest BCUT2D eigenvalue weighted by molar-refractivity contribution is 6.31. The Bertz CT molecular complexity index is 804. The van der Waals surface area contributed by atoms with Crippen molar-refractivity contribution in [1.82, 2.24) is 0 Å². The molecule has 2 atom stereocenters. The van der Waals surface area contributed by atoms with Crippen LogP contribution >= 0.6 is 11.6 Å².